The predicted octanol–water partition coefficient (Wildman–Crippen LogP) is 1.02. The van der Waals surface area contributed by atoms with Crippen molar-refractivity contribution in [2.24, 2.45) is 11.8 Å². The van der Waals surface area contributed by atoms with Crippen molar-refractivity contribution in [3.8, 4) is 0 Å². The highest BCUT2D eigenvalue weighted by atomic mass is 16.2. The third-order valence-corrected chi connectivity index (χ3v) is 4.15. The molecular formula is C12H23N3O. The number of nitrogens with two attached hydrogens (primary N) is 1. The molecule has 0 aromatic carbocycles. The van der Waals surface area contributed by atoms with E-state index in [0.717, 1.165) is 18.5 Å². The largest absolute Gasteiger partial charge is 0.300 e. The standard InChI is InChI=1S/C12H23N3O/c13-14-12(16)7-9-15-8-3-6-11(15)10-4-1-2-5-10/h10-11H,1-9,13H2,(H,14,16). The van der Waals surface area contributed by atoms with Gasteiger partial charge >= 0.3 is 0 Å². The fourth-order valence-electron chi connectivity index (χ4n) is 3.32. The molecule has 0 aromatic rings. The Hall–Kier alpha value is -0.610. The second kappa shape index (κ2) is 5.64. The molecule has 0 spiro atoms. The van der Waals surface area contributed by atoms with Crippen LogP contribution in [0.4, 0.5) is 0 Å². The van der Waals surface area contributed by atoms with Crippen molar-refractivity contribution < 1.29 is 4.79 Å². The summed E-state index contributed by atoms with van der Waals surface area (Å²) in [6.45, 7) is 2.04. The van der Waals surface area contributed by atoms with Crippen molar-refractivity contribution in [1.29, 1.82) is 0 Å². The Bertz CT molecular complexity index is 238. The van der Waals surface area contributed by atoms with E-state index in [1.54, 1.807) is 0 Å². The lowest BCUT2D eigenvalue weighted by Gasteiger charge is -2.29. The molecule has 1 atom stereocenters. The van der Waals surface area contributed by atoms with Crippen LogP contribution in [0.15, 0.2) is 0 Å². The van der Waals surface area contributed by atoms with Gasteiger partial charge in [-0.15, -0.1) is 0 Å². The third kappa shape index (κ3) is 2.74. The molecule has 1 aliphatic heterocycles. The Morgan fingerprint density at radius 3 is 2.69 bits per heavy atom. The molecule has 0 radical (unpaired) electrons. The highest BCUT2D eigenvalue weighted by Gasteiger charge is 2.32. The van der Waals surface area contributed by atoms with Crippen molar-refractivity contribution in [3.05, 3.63) is 0 Å². The summed E-state index contributed by atoms with van der Waals surface area (Å²) in [7, 11) is 0. The number of carbonyl (C=O) groups excluding carboxylic acids is 1. The van der Waals surface area contributed by atoms with E-state index in [-0.39, 0.29) is 5.91 Å². The number of likely N-dealkylation sites (tertiary alicyclic amines) is 1. The van der Waals surface area contributed by atoms with Gasteiger partial charge in [0.1, 0.15) is 0 Å². The summed E-state index contributed by atoms with van der Waals surface area (Å²) >= 11 is 0. The average Bonchev–Trinajstić information content (AvgIpc) is 2.95. The first-order chi connectivity index (χ1) is 7.81. The van der Waals surface area contributed by atoms with Gasteiger partial charge in [0.2, 0.25) is 5.91 Å². The number of amides is 1. The fraction of sp³-hybridized carbons (Fsp3) is 0.917. The van der Waals surface area contributed by atoms with Crippen molar-refractivity contribution in [2.75, 3.05) is 13.1 Å². The van der Waals surface area contributed by atoms with E-state index in [1.165, 1.54) is 45.1 Å². The highest BCUT2D eigenvalue weighted by molar-refractivity contribution is 5.75. The van der Waals surface area contributed by atoms with Crippen LogP contribution in [-0.4, -0.2) is 29.9 Å². The van der Waals surface area contributed by atoms with Crippen molar-refractivity contribution in [3.63, 3.8) is 0 Å². The van der Waals surface area contributed by atoms with E-state index in [0.29, 0.717) is 6.42 Å². The first kappa shape index (κ1) is 11.9. The second-order valence-electron chi connectivity index (χ2n) is 5.11. The average molecular weight is 225 g/mol. The molecule has 1 heterocycles. The van der Waals surface area contributed by atoms with E-state index in [4.69, 9.17) is 5.84 Å². The van der Waals surface area contributed by atoms with Crippen LogP contribution in [0.3, 0.4) is 0 Å². The van der Waals surface area contributed by atoms with Crippen LogP contribution < -0.4 is 11.3 Å². The van der Waals surface area contributed by atoms with Gasteiger partial charge in [-0.1, -0.05) is 12.8 Å². The predicted molar refractivity (Wildman–Crippen MR) is 63.5 cm³/mol. The molecule has 1 aliphatic carbocycles. The molecular weight excluding hydrogens is 202 g/mol. The van der Waals surface area contributed by atoms with Gasteiger partial charge in [0.05, 0.1) is 0 Å². The lowest BCUT2D eigenvalue weighted by Crippen LogP contribution is -2.38. The molecule has 1 saturated carbocycles. The summed E-state index contributed by atoms with van der Waals surface area (Å²) in [5, 5.41) is 0. The minimum absolute atomic E-state index is 0.0444. The van der Waals surface area contributed by atoms with E-state index in [9.17, 15) is 4.79 Å². The zero-order valence-corrected chi connectivity index (χ0v) is 9.95. The monoisotopic (exact) mass is 225 g/mol. The molecule has 0 bridgehead atoms. The highest BCUT2D eigenvalue weighted by Crippen LogP contribution is 2.35. The smallest absolute Gasteiger partial charge is 0.235 e. The minimum Gasteiger partial charge on any atom is -0.300 e. The molecule has 3 N–H and O–H groups in total. The molecule has 1 amide bonds. The maximum absolute atomic E-state index is 11.1. The molecule has 0 aromatic heterocycles. The van der Waals surface area contributed by atoms with Gasteiger partial charge in [-0.05, 0) is 38.1 Å². The number of carbonyl (C=O) groups is 1. The van der Waals surface area contributed by atoms with Crippen LogP contribution in [-0.2, 0) is 4.79 Å². The first-order valence-corrected chi connectivity index (χ1v) is 6.55. The number of nitrogens with zero attached hydrogens (tertiary/aromatic N) is 1. The van der Waals surface area contributed by atoms with Crippen LogP contribution >= 0.6 is 0 Å². The van der Waals surface area contributed by atoms with E-state index < -0.39 is 0 Å². The van der Waals surface area contributed by atoms with Crippen LogP contribution in [0.5, 0.6) is 0 Å². The van der Waals surface area contributed by atoms with Gasteiger partial charge in [0.15, 0.2) is 0 Å². The molecule has 16 heavy (non-hydrogen) atoms. The lowest BCUT2D eigenvalue weighted by atomic mass is 9.96. The van der Waals surface area contributed by atoms with Gasteiger partial charge in [0.25, 0.3) is 0 Å². The van der Waals surface area contributed by atoms with Gasteiger partial charge < -0.3 is 0 Å². The second-order valence-corrected chi connectivity index (χ2v) is 5.11. The zero-order valence-electron chi connectivity index (χ0n) is 9.95. The molecule has 92 valence electrons. The SMILES string of the molecule is NNC(=O)CCN1CCCC1C1CCCC1. The molecule has 2 rings (SSSR count). The molecule has 4 heteroatoms. The normalized spacial score (nSPS) is 27.4. The summed E-state index contributed by atoms with van der Waals surface area (Å²) in [6.07, 6.45) is 8.76. The van der Waals surface area contributed by atoms with Crippen molar-refractivity contribution >= 4 is 5.91 Å². The maximum atomic E-state index is 11.1. The zero-order chi connectivity index (χ0) is 11.4. The van der Waals surface area contributed by atoms with E-state index >= 15 is 0 Å². The Kier molecular flexibility index (Phi) is 4.18. The number of hydrogen-bond donors (Lipinski definition) is 2. The fourth-order valence-corrected chi connectivity index (χ4v) is 3.32. The number of hydrazine groups is 1. The quantitative estimate of drug-likeness (QED) is 0.427. The van der Waals surface area contributed by atoms with Crippen molar-refractivity contribution in [2.45, 2.75) is 51.0 Å². The Balaban J connectivity index is 1.80. The maximum Gasteiger partial charge on any atom is 0.235 e. The minimum atomic E-state index is -0.0444. The Morgan fingerprint density at radius 2 is 2.00 bits per heavy atom. The Morgan fingerprint density at radius 1 is 1.25 bits per heavy atom. The summed E-state index contributed by atoms with van der Waals surface area (Å²) in [4.78, 5) is 13.6. The van der Waals surface area contributed by atoms with Gasteiger partial charge in [-0.3, -0.25) is 15.1 Å². The summed E-state index contributed by atoms with van der Waals surface area (Å²) in [5.74, 6) is 5.94. The topological polar surface area (TPSA) is 58.4 Å². The van der Waals surface area contributed by atoms with E-state index in [2.05, 4.69) is 10.3 Å². The lowest BCUT2D eigenvalue weighted by molar-refractivity contribution is -0.121. The van der Waals surface area contributed by atoms with Crippen LogP contribution in [0, 0.1) is 5.92 Å². The summed E-state index contributed by atoms with van der Waals surface area (Å²) in [6, 6.07) is 0.744. The molecule has 4 nitrogen and oxygen atoms in total. The molecule has 2 fully saturated rings. The van der Waals surface area contributed by atoms with Gasteiger partial charge in [-0.2, -0.15) is 0 Å². The molecule has 1 saturated heterocycles. The summed E-state index contributed by atoms with van der Waals surface area (Å²) in [5.41, 5.74) is 2.21. The first-order valence-electron chi connectivity index (χ1n) is 6.55. The summed E-state index contributed by atoms with van der Waals surface area (Å²) < 4.78 is 0. The number of rotatable bonds is 4. The Labute approximate surface area is 97.5 Å². The molecule has 2 aliphatic rings. The van der Waals surface area contributed by atoms with Gasteiger partial charge in [-0.25, -0.2) is 5.84 Å². The van der Waals surface area contributed by atoms with Crippen LogP contribution in [0.25, 0.3) is 0 Å². The number of nitrogens with one attached hydrogen (secondary N) is 1. The number of hydrogen-bond acceptors (Lipinski definition) is 3. The molecule has 1 unspecified atom stereocenters. The van der Waals surface area contributed by atoms with Crippen molar-refractivity contribution in [1.82, 2.24) is 10.3 Å². The van der Waals surface area contributed by atoms with Gasteiger partial charge in [0, 0.05) is 19.0 Å². The van der Waals surface area contributed by atoms with Crippen LogP contribution in [0.2, 0.25) is 0 Å². The van der Waals surface area contributed by atoms with E-state index in [1.807, 2.05) is 0 Å². The van der Waals surface area contributed by atoms with Crippen LogP contribution in [0.1, 0.15) is 44.9 Å². The third-order valence-electron chi connectivity index (χ3n) is 4.15.